The van der Waals surface area contributed by atoms with Crippen molar-refractivity contribution in [3.63, 3.8) is 0 Å². The van der Waals surface area contributed by atoms with Crippen LogP contribution in [-0.2, 0) is 9.59 Å². The number of anilines is 1. The number of carbonyl (C=O) groups is 2. The Kier molecular flexibility index (Phi) is 5.33. The monoisotopic (exact) mass is 410 g/mol. The summed E-state index contributed by atoms with van der Waals surface area (Å²) in [6.45, 7) is 6.72. The first kappa shape index (κ1) is 19.4. The molecular weight excluding hydrogens is 380 g/mol. The third kappa shape index (κ3) is 4.14. The Morgan fingerprint density at radius 1 is 0.933 bits per heavy atom. The first-order chi connectivity index (χ1) is 14.7. The van der Waals surface area contributed by atoms with E-state index in [0.717, 1.165) is 62.4 Å². The molecule has 5 rings (SSSR count). The number of nitrogens with one attached hydrogen (secondary N) is 1. The van der Waals surface area contributed by atoms with Gasteiger partial charge in [-0.1, -0.05) is 12.1 Å². The van der Waals surface area contributed by atoms with Crippen LogP contribution in [0.4, 0.5) is 5.95 Å². The number of rotatable bonds is 4. The summed E-state index contributed by atoms with van der Waals surface area (Å²) in [6.07, 6.45) is 3.09. The lowest BCUT2D eigenvalue weighted by Crippen LogP contribution is -2.53. The summed E-state index contributed by atoms with van der Waals surface area (Å²) >= 11 is 0. The maximum absolute atomic E-state index is 12.8. The highest BCUT2D eigenvalue weighted by atomic mass is 16.2. The summed E-state index contributed by atoms with van der Waals surface area (Å²) in [5, 5.41) is 0. The molecule has 2 amide bonds. The minimum Gasteiger partial charge on any atom is -0.341 e. The molecule has 2 aromatic rings. The third-order valence-corrected chi connectivity index (χ3v) is 6.49. The van der Waals surface area contributed by atoms with E-state index in [1.54, 1.807) is 0 Å². The second-order valence-electron chi connectivity index (χ2n) is 8.67. The molecule has 30 heavy (non-hydrogen) atoms. The summed E-state index contributed by atoms with van der Waals surface area (Å²) in [4.78, 5) is 41.6. The number of aromatic amines is 1. The highest BCUT2D eigenvalue weighted by Crippen LogP contribution is 2.31. The summed E-state index contributed by atoms with van der Waals surface area (Å²) < 4.78 is 0. The average molecular weight is 411 g/mol. The van der Waals surface area contributed by atoms with E-state index in [2.05, 4.69) is 14.8 Å². The van der Waals surface area contributed by atoms with Crippen LogP contribution in [0.25, 0.3) is 11.0 Å². The van der Waals surface area contributed by atoms with Crippen molar-refractivity contribution in [1.82, 2.24) is 24.7 Å². The quantitative estimate of drug-likeness (QED) is 0.819. The number of carbonyl (C=O) groups excluding carboxylic acids is 2. The maximum Gasteiger partial charge on any atom is 0.236 e. The summed E-state index contributed by atoms with van der Waals surface area (Å²) in [5.74, 6) is 1.66. The first-order valence-corrected chi connectivity index (χ1v) is 11.2. The number of fused-ring (bicyclic) bond motifs is 1. The van der Waals surface area contributed by atoms with Crippen molar-refractivity contribution in [2.24, 2.45) is 5.92 Å². The van der Waals surface area contributed by atoms with Gasteiger partial charge >= 0.3 is 0 Å². The minimum atomic E-state index is 0.186. The Morgan fingerprint density at radius 3 is 2.47 bits per heavy atom. The van der Waals surface area contributed by atoms with Gasteiger partial charge < -0.3 is 19.7 Å². The van der Waals surface area contributed by atoms with Crippen LogP contribution in [-0.4, -0.2) is 95.4 Å². The molecule has 8 heteroatoms. The number of hydrogen-bond donors (Lipinski definition) is 1. The van der Waals surface area contributed by atoms with Gasteiger partial charge in [-0.2, -0.15) is 0 Å². The fraction of sp³-hybridized carbons (Fsp3) is 0.591. The maximum atomic E-state index is 12.8. The van der Waals surface area contributed by atoms with E-state index in [0.29, 0.717) is 38.6 Å². The second-order valence-corrected chi connectivity index (χ2v) is 8.67. The van der Waals surface area contributed by atoms with Crippen LogP contribution in [0.3, 0.4) is 0 Å². The number of piperazine rings is 1. The summed E-state index contributed by atoms with van der Waals surface area (Å²) in [6, 6.07) is 8.09. The van der Waals surface area contributed by atoms with Gasteiger partial charge in [0.25, 0.3) is 0 Å². The Bertz CT molecular complexity index is 882. The van der Waals surface area contributed by atoms with Gasteiger partial charge in [0.2, 0.25) is 17.8 Å². The molecule has 1 N–H and O–H groups in total. The van der Waals surface area contributed by atoms with Crippen LogP contribution in [0.2, 0.25) is 0 Å². The summed E-state index contributed by atoms with van der Waals surface area (Å²) in [5.41, 5.74) is 2.05. The zero-order valence-electron chi connectivity index (χ0n) is 17.4. The molecule has 1 aromatic heterocycles. The molecule has 0 unspecified atom stereocenters. The van der Waals surface area contributed by atoms with Crippen molar-refractivity contribution in [2.75, 3.05) is 63.8 Å². The largest absolute Gasteiger partial charge is 0.341 e. The van der Waals surface area contributed by atoms with Crippen molar-refractivity contribution in [2.45, 2.75) is 19.3 Å². The molecule has 2 aliphatic heterocycles. The first-order valence-electron chi connectivity index (χ1n) is 11.2. The fourth-order valence-electron chi connectivity index (χ4n) is 4.49. The number of aromatic nitrogens is 2. The van der Waals surface area contributed by atoms with Crippen molar-refractivity contribution in [3.05, 3.63) is 24.3 Å². The minimum absolute atomic E-state index is 0.186. The molecule has 0 bridgehead atoms. The van der Waals surface area contributed by atoms with Gasteiger partial charge in [-0.15, -0.1) is 0 Å². The number of imidazole rings is 1. The molecule has 3 fully saturated rings. The Morgan fingerprint density at radius 2 is 1.70 bits per heavy atom. The normalized spacial score (nSPS) is 21.1. The lowest BCUT2D eigenvalue weighted by atomic mass is 10.2. The van der Waals surface area contributed by atoms with Crippen LogP contribution in [0.5, 0.6) is 0 Å². The summed E-state index contributed by atoms with van der Waals surface area (Å²) in [7, 11) is 0. The fourth-order valence-corrected chi connectivity index (χ4v) is 4.49. The molecule has 0 atom stereocenters. The SMILES string of the molecule is O=C(CN1CCCN(c2nc3ccccc3[nH]2)CC1)N1CCN(C(=O)C2CC2)CC1. The number of hydrogen-bond acceptors (Lipinski definition) is 5. The molecule has 0 spiro atoms. The number of nitrogens with zero attached hydrogens (tertiary/aromatic N) is 5. The van der Waals surface area contributed by atoms with Gasteiger partial charge in [0.05, 0.1) is 17.6 Å². The van der Waals surface area contributed by atoms with Crippen molar-refractivity contribution in [1.29, 1.82) is 0 Å². The Labute approximate surface area is 176 Å². The van der Waals surface area contributed by atoms with Crippen molar-refractivity contribution in [3.8, 4) is 0 Å². The van der Waals surface area contributed by atoms with Crippen molar-refractivity contribution >= 4 is 28.8 Å². The molecule has 0 radical (unpaired) electrons. The molecule has 1 aromatic carbocycles. The highest BCUT2D eigenvalue weighted by molar-refractivity contribution is 5.82. The zero-order valence-corrected chi connectivity index (χ0v) is 17.4. The van der Waals surface area contributed by atoms with E-state index in [-0.39, 0.29) is 11.8 Å². The van der Waals surface area contributed by atoms with E-state index < -0.39 is 0 Å². The Balaban J connectivity index is 1.12. The number of para-hydroxylation sites is 2. The van der Waals surface area contributed by atoms with Crippen molar-refractivity contribution < 1.29 is 9.59 Å². The van der Waals surface area contributed by atoms with Crippen LogP contribution >= 0.6 is 0 Å². The molecule has 1 aliphatic carbocycles. The molecular formula is C22H30N6O2. The zero-order chi connectivity index (χ0) is 20.5. The van der Waals surface area contributed by atoms with Gasteiger partial charge in [-0.3, -0.25) is 14.5 Å². The van der Waals surface area contributed by atoms with Gasteiger partial charge in [0.1, 0.15) is 0 Å². The van der Waals surface area contributed by atoms with E-state index in [4.69, 9.17) is 4.98 Å². The van der Waals surface area contributed by atoms with E-state index in [9.17, 15) is 9.59 Å². The molecule has 3 heterocycles. The number of H-pyrrole nitrogens is 1. The van der Waals surface area contributed by atoms with Crippen LogP contribution in [0.1, 0.15) is 19.3 Å². The van der Waals surface area contributed by atoms with E-state index >= 15 is 0 Å². The third-order valence-electron chi connectivity index (χ3n) is 6.49. The molecule has 2 saturated heterocycles. The van der Waals surface area contributed by atoms with Gasteiger partial charge in [0, 0.05) is 58.3 Å². The lowest BCUT2D eigenvalue weighted by Gasteiger charge is -2.36. The lowest BCUT2D eigenvalue weighted by molar-refractivity contribution is -0.140. The van der Waals surface area contributed by atoms with Gasteiger partial charge in [-0.05, 0) is 31.4 Å². The molecule has 8 nitrogen and oxygen atoms in total. The van der Waals surface area contributed by atoms with Gasteiger partial charge in [0.15, 0.2) is 0 Å². The molecule has 3 aliphatic rings. The standard InChI is InChI=1S/C22H30N6O2/c29-20(26-12-14-27(15-13-26)21(30)17-6-7-17)16-25-8-3-9-28(11-10-25)22-23-18-4-1-2-5-19(18)24-22/h1-2,4-5,17H,3,6-16H2,(H,23,24). The van der Waals surface area contributed by atoms with Gasteiger partial charge in [-0.25, -0.2) is 4.98 Å². The van der Waals surface area contributed by atoms with E-state index in [1.807, 2.05) is 34.1 Å². The smallest absolute Gasteiger partial charge is 0.236 e. The van der Waals surface area contributed by atoms with E-state index in [1.165, 1.54) is 0 Å². The second kappa shape index (κ2) is 8.26. The predicted octanol–water partition coefficient (Wildman–Crippen LogP) is 1.16. The van der Waals surface area contributed by atoms with Crippen LogP contribution in [0, 0.1) is 5.92 Å². The van der Waals surface area contributed by atoms with Crippen LogP contribution < -0.4 is 4.90 Å². The molecule has 1 saturated carbocycles. The van der Waals surface area contributed by atoms with Crippen LogP contribution in [0.15, 0.2) is 24.3 Å². The number of amides is 2. The molecule has 160 valence electrons. The Hall–Kier alpha value is -2.61. The average Bonchev–Trinajstić information content (AvgIpc) is 3.57. The highest BCUT2D eigenvalue weighted by Gasteiger charge is 2.35. The predicted molar refractivity (Wildman–Crippen MR) is 115 cm³/mol. The topological polar surface area (TPSA) is 75.8 Å². The number of benzene rings is 1.